The summed E-state index contributed by atoms with van der Waals surface area (Å²) in [5.41, 5.74) is 0.673. The summed E-state index contributed by atoms with van der Waals surface area (Å²) in [4.78, 5) is 50.1. The molecule has 1 aliphatic carbocycles. The van der Waals surface area contributed by atoms with Gasteiger partial charge in [-0.3, -0.25) is 9.59 Å². The SMILES string of the molecule is CN(C)C(=O)CC[C@@H](C=O)NC(=O)C(CC1CCCCC1F)NC(=O)OCc1cccc(Cl)c1. The smallest absolute Gasteiger partial charge is 0.408 e. The van der Waals surface area contributed by atoms with E-state index < -0.39 is 30.3 Å². The number of alkyl carbamates (subject to hydrolysis) is 1. The van der Waals surface area contributed by atoms with Gasteiger partial charge in [0.15, 0.2) is 0 Å². The lowest BCUT2D eigenvalue weighted by molar-refractivity contribution is -0.130. The Balaban J connectivity index is 2.01. The summed E-state index contributed by atoms with van der Waals surface area (Å²) in [6, 6.07) is 4.82. The van der Waals surface area contributed by atoms with E-state index in [1.54, 1.807) is 38.4 Å². The summed E-state index contributed by atoms with van der Waals surface area (Å²) < 4.78 is 19.7. The molecule has 1 aromatic carbocycles. The first kappa shape index (κ1) is 27.6. The van der Waals surface area contributed by atoms with Gasteiger partial charge in [-0.25, -0.2) is 9.18 Å². The first-order valence-electron chi connectivity index (χ1n) is 11.5. The highest BCUT2D eigenvalue weighted by Gasteiger charge is 2.32. The third kappa shape index (κ3) is 9.29. The van der Waals surface area contributed by atoms with Crippen molar-refractivity contribution in [2.45, 2.75) is 69.8 Å². The van der Waals surface area contributed by atoms with Crippen LogP contribution in [-0.2, 0) is 25.7 Å². The summed E-state index contributed by atoms with van der Waals surface area (Å²) in [6.45, 7) is -0.0560. The molecule has 1 saturated carbocycles. The minimum absolute atomic E-state index is 0.0560. The van der Waals surface area contributed by atoms with Crippen molar-refractivity contribution in [3.05, 3.63) is 34.9 Å². The Bertz CT molecular complexity index is 854. The summed E-state index contributed by atoms with van der Waals surface area (Å²) in [5.74, 6) is -1.18. The number of nitrogens with one attached hydrogen (secondary N) is 2. The molecular formula is C24H33ClFN3O5. The van der Waals surface area contributed by atoms with Crippen LogP contribution in [0.15, 0.2) is 24.3 Å². The number of aldehydes is 1. The van der Waals surface area contributed by atoms with Crippen LogP contribution in [0.2, 0.25) is 5.02 Å². The van der Waals surface area contributed by atoms with E-state index in [2.05, 4.69) is 10.6 Å². The second-order valence-corrected chi connectivity index (χ2v) is 9.21. The van der Waals surface area contributed by atoms with Crippen molar-refractivity contribution in [2.24, 2.45) is 5.92 Å². The van der Waals surface area contributed by atoms with E-state index in [1.807, 2.05) is 0 Å². The van der Waals surface area contributed by atoms with Crippen LogP contribution < -0.4 is 10.6 Å². The molecule has 0 aliphatic heterocycles. The minimum atomic E-state index is -1.08. The van der Waals surface area contributed by atoms with E-state index in [-0.39, 0.29) is 37.7 Å². The highest BCUT2D eigenvalue weighted by molar-refractivity contribution is 6.30. The number of alkyl halides is 1. The monoisotopic (exact) mass is 497 g/mol. The molecule has 1 fully saturated rings. The topological polar surface area (TPSA) is 105 Å². The van der Waals surface area contributed by atoms with Gasteiger partial charge in [-0.05, 0) is 49.3 Å². The van der Waals surface area contributed by atoms with Crippen molar-refractivity contribution in [3.63, 3.8) is 0 Å². The van der Waals surface area contributed by atoms with Crippen LogP contribution >= 0.6 is 11.6 Å². The molecule has 2 N–H and O–H groups in total. The molecule has 188 valence electrons. The maximum absolute atomic E-state index is 14.4. The molecule has 3 unspecified atom stereocenters. The molecule has 2 rings (SSSR count). The fourth-order valence-electron chi connectivity index (χ4n) is 3.88. The quantitative estimate of drug-likeness (QED) is 0.456. The third-order valence-electron chi connectivity index (χ3n) is 5.88. The van der Waals surface area contributed by atoms with E-state index in [0.29, 0.717) is 29.7 Å². The van der Waals surface area contributed by atoms with Gasteiger partial charge in [0.2, 0.25) is 11.8 Å². The molecule has 8 nitrogen and oxygen atoms in total. The van der Waals surface area contributed by atoms with Crippen LogP contribution in [0.5, 0.6) is 0 Å². The molecule has 1 aromatic rings. The number of carbonyl (C=O) groups excluding carboxylic acids is 4. The van der Waals surface area contributed by atoms with Gasteiger partial charge in [0.25, 0.3) is 0 Å². The van der Waals surface area contributed by atoms with Crippen LogP contribution in [0.1, 0.15) is 50.5 Å². The zero-order chi connectivity index (χ0) is 25.1. The zero-order valence-electron chi connectivity index (χ0n) is 19.6. The van der Waals surface area contributed by atoms with Crippen molar-refractivity contribution in [1.82, 2.24) is 15.5 Å². The van der Waals surface area contributed by atoms with E-state index in [0.717, 1.165) is 12.8 Å². The number of halogens is 2. The Morgan fingerprint density at radius 1 is 1.24 bits per heavy atom. The Morgan fingerprint density at radius 2 is 1.97 bits per heavy atom. The second kappa shape index (κ2) is 13.9. The van der Waals surface area contributed by atoms with Crippen LogP contribution in [0.3, 0.4) is 0 Å². The van der Waals surface area contributed by atoms with Gasteiger partial charge in [0.1, 0.15) is 25.1 Å². The number of ether oxygens (including phenoxy) is 1. The molecular weight excluding hydrogens is 465 g/mol. The molecule has 0 spiro atoms. The van der Waals surface area contributed by atoms with Crippen LogP contribution in [0.25, 0.3) is 0 Å². The molecule has 0 saturated heterocycles. The number of nitrogens with zero attached hydrogens (tertiary/aromatic N) is 1. The fourth-order valence-corrected chi connectivity index (χ4v) is 4.09. The van der Waals surface area contributed by atoms with Crippen LogP contribution in [0.4, 0.5) is 9.18 Å². The van der Waals surface area contributed by atoms with Crippen molar-refractivity contribution in [3.8, 4) is 0 Å². The van der Waals surface area contributed by atoms with Gasteiger partial charge >= 0.3 is 6.09 Å². The lowest BCUT2D eigenvalue weighted by Gasteiger charge is -2.29. The van der Waals surface area contributed by atoms with Crippen molar-refractivity contribution < 1.29 is 28.3 Å². The van der Waals surface area contributed by atoms with Crippen molar-refractivity contribution in [1.29, 1.82) is 0 Å². The molecule has 1 aliphatic rings. The summed E-state index contributed by atoms with van der Waals surface area (Å²) >= 11 is 5.94. The standard InChI is InChI=1S/C24H33ClFN3O5/c1-29(2)22(31)11-10-19(14-30)27-23(32)21(13-17-7-3-4-9-20(17)26)28-24(33)34-15-16-6-5-8-18(25)12-16/h5-6,8,12,14,17,19-21H,3-4,7,9-11,13,15H2,1-2H3,(H,27,32)(H,28,33)/t17?,19-,20?,21?/m0/s1. The maximum atomic E-state index is 14.4. The predicted molar refractivity (Wildman–Crippen MR) is 126 cm³/mol. The Morgan fingerprint density at radius 3 is 2.62 bits per heavy atom. The Labute approximate surface area is 204 Å². The average Bonchev–Trinajstić information content (AvgIpc) is 2.80. The highest BCUT2D eigenvalue weighted by Crippen LogP contribution is 2.30. The average molecular weight is 498 g/mol. The second-order valence-electron chi connectivity index (χ2n) is 8.78. The maximum Gasteiger partial charge on any atom is 0.408 e. The predicted octanol–water partition coefficient (Wildman–Crippen LogP) is 3.41. The largest absolute Gasteiger partial charge is 0.445 e. The molecule has 0 bridgehead atoms. The molecule has 34 heavy (non-hydrogen) atoms. The van der Waals surface area contributed by atoms with Gasteiger partial charge in [-0.15, -0.1) is 0 Å². The van der Waals surface area contributed by atoms with Gasteiger partial charge in [-0.1, -0.05) is 36.6 Å². The number of amides is 3. The number of carbonyl (C=O) groups is 4. The number of rotatable bonds is 11. The lowest BCUT2D eigenvalue weighted by Crippen LogP contribution is -2.51. The molecule has 0 radical (unpaired) electrons. The molecule has 0 heterocycles. The lowest BCUT2D eigenvalue weighted by atomic mass is 9.83. The minimum Gasteiger partial charge on any atom is -0.445 e. The molecule has 10 heteroatoms. The van der Waals surface area contributed by atoms with E-state index in [9.17, 15) is 23.6 Å². The molecule has 0 aromatic heterocycles. The number of hydrogen-bond acceptors (Lipinski definition) is 5. The van der Waals surface area contributed by atoms with Gasteiger partial charge < -0.3 is 25.1 Å². The van der Waals surface area contributed by atoms with Crippen LogP contribution in [-0.4, -0.2) is 61.4 Å². The summed E-state index contributed by atoms with van der Waals surface area (Å²) in [7, 11) is 3.20. The van der Waals surface area contributed by atoms with E-state index >= 15 is 0 Å². The van der Waals surface area contributed by atoms with Gasteiger partial charge in [0, 0.05) is 25.5 Å². The zero-order valence-corrected chi connectivity index (χ0v) is 20.4. The van der Waals surface area contributed by atoms with Gasteiger partial charge in [0.05, 0.1) is 6.04 Å². The van der Waals surface area contributed by atoms with Crippen molar-refractivity contribution in [2.75, 3.05) is 14.1 Å². The Hall–Kier alpha value is -2.68. The van der Waals surface area contributed by atoms with Crippen LogP contribution in [0, 0.1) is 5.92 Å². The summed E-state index contributed by atoms with van der Waals surface area (Å²) in [5, 5.41) is 5.58. The first-order valence-corrected chi connectivity index (χ1v) is 11.8. The number of hydrogen-bond donors (Lipinski definition) is 2. The highest BCUT2D eigenvalue weighted by atomic mass is 35.5. The normalized spacial score (nSPS) is 19.4. The van der Waals surface area contributed by atoms with Gasteiger partial charge in [-0.2, -0.15) is 0 Å². The van der Waals surface area contributed by atoms with E-state index in [4.69, 9.17) is 16.3 Å². The summed E-state index contributed by atoms with van der Waals surface area (Å²) in [6.07, 6.45) is 1.60. The van der Waals surface area contributed by atoms with E-state index in [1.165, 1.54) is 4.90 Å². The fraction of sp³-hybridized carbons (Fsp3) is 0.583. The Kier molecular flexibility index (Phi) is 11.3. The number of benzene rings is 1. The first-order chi connectivity index (χ1) is 16.2. The molecule has 4 atom stereocenters. The molecule has 3 amide bonds. The van der Waals surface area contributed by atoms with Crippen molar-refractivity contribution >= 4 is 35.8 Å². The third-order valence-corrected chi connectivity index (χ3v) is 6.12.